The molecule has 34 heavy (non-hydrogen) atoms. The Balaban J connectivity index is 1.58. The van der Waals surface area contributed by atoms with Gasteiger partial charge in [-0.3, -0.25) is 4.79 Å². The van der Waals surface area contributed by atoms with E-state index < -0.39 is 11.7 Å². The van der Waals surface area contributed by atoms with Crippen LogP contribution in [0.4, 0.5) is 13.2 Å². The van der Waals surface area contributed by atoms with Crippen LogP contribution in [0.15, 0.2) is 79.0 Å². The lowest BCUT2D eigenvalue weighted by Crippen LogP contribution is -2.06. The smallest absolute Gasteiger partial charge is 0.417 e. The van der Waals surface area contributed by atoms with Crippen LogP contribution >= 0.6 is 0 Å². The van der Waals surface area contributed by atoms with Gasteiger partial charge in [-0.2, -0.15) is 13.2 Å². The van der Waals surface area contributed by atoms with E-state index in [0.29, 0.717) is 22.6 Å². The number of halogens is 3. The third kappa shape index (κ3) is 4.83. The van der Waals surface area contributed by atoms with Crippen molar-refractivity contribution in [3.63, 3.8) is 0 Å². The summed E-state index contributed by atoms with van der Waals surface area (Å²) in [5, 5.41) is 17.7. The van der Waals surface area contributed by atoms with Gasteiger partial charge < -0.3 is 9.84 Å². The van der Waals surface area contributed by atoms with Crippen molar-refractivity contribution in [3.05, 3.63) is 95.7 Å². The average Bonchev–Trinajstić information content (AvgIpc) is 3.32. The molecule has 1 aromatic heterocycles. The molecule has 0 aliphatic rings. The second-order valence-electron chi connectivity index (χ2n) is 7.27. The molecule has 0 aliphatic heterocycles. The Morgan fingerprint density at radius 3 is 2.59 bits per heavy atom. The Morgan fingerprint density at radius 2 is 1.85 bits per heavy atom. The molecule has 172 valence electrons. The lowest BCUT2D eigenvalue weighted by molar-refractivity contribution is -0.137. The van der Waals surface area contributed by atoms with Gasteiger partial charge in [0.25, 0.3) is 0 Å². The largest absolute Gasteiger partial charge is 0.504 e. The van der Waals surface area contributed by atoms with Gasteiger partial charge in [-0.25, -0.2) is 4.68 Å². The fraction of sp³-hybridized carbons (Fsp3) is 0.0800. The van der Waals surface area contributed by atoms with Crippen molar-refractivity contribution < 1.29 is 27.8 Å². The van der Waals surface area contributed by atoms with Crippen LogP contribution in [0, 0.1) is 0 Å². The fourth-order valence-corrected chi connectivity index (χ4v) is 3.35. The molecule has 0 radical (unpaired) electrons. The first-order chi connectivity index (χ1) is 16.3. The Labute approximate surface area is 192 Å². The Kier molecular flexibility index (Phi) is 6.18. The molecule has 4 rings (SSSR count). The topological polar surface area (TPSA) is 77.2 Å². The molecule has 0 aliphatic carbocycles. The fourth-order valence-electron chi connectivity index (χ4n) is 3.35. The number of phenols is 1. The van der Waals surface area contributed by atoms with E-state index in [9.17, 15) is 23.1 Å². The summed E-state index contributed by atoms with van der Waals surface area (Å²) in [6.45, 7) is 0. The van der Waals surface area contributed by atoms with Gasteiger partial charge in [0.1, 0.15) is 5.69 Å². The van der Waals surface area contributed by atoms with E-state index in [1.54, 1.807) is 42.5 Å². The van der Waals surface area contributed by atoms with Crippen molar-refractivity contribution in [2.24, 2.45) is 0 Å². The molecule has 0 fully saturated rings. The first-order valence-electron chi connectivity index (χ1n) is 10.0. The molecule has 6 nitrogen and oxygen atoms in total. The van der Waals surface area contributed by atoms with Crippen LogP contribution in [-0.2, 0) is 6.18 Å². The number of carbonyl (C=O) groups is 1. The van der Waals surface area contributed by atoms with Crippen molar-refractivity contribution in [2.45, 2.75) is 6.18 Å². The number of ether oxygens (including phenoxy) is 1. The Bertz CT molecular complexity index is 1380. The average molecular weight is 465 g/mol. The minimum Gasteiger partial charge on any atom is -0.504 e. The van der Waals surface area contributed by atoms with E-state index in [2.05, 4.69) is 10.3 Å². The monoisotopic (exact) mass is 465 g/mol. The SMILES string of the molecule is COc1ccc(/C=C/C(=O)c2cccc(-n3cc(-c4ccccc4C(F)(F)F)nn3)c2)cc1O. The zero-order chi connectivity index (χ0) is 24.3. The van der Waals surface area contributed by atoms with Crippen LogP contribution in [0.25, 0.3) is 23.0 Å². The van der Waals surface area contributed by atoms with E-state index in [-0.39, 0.29) is 22.8 Å². The molecule has 9 heteroatoms. The number of phenolic OH excluding ortho intramolecular Hbond substituents is 1. The number of methoxy groups -OCH3 is 1. The minimum absolute atomic E-state index is 0.0480. The molecule has 0 saturated heterocycles. The van der Waals surface area contributed by atoms with Crippen molar-refractivity contribution in [2.75, 3.05) is 7.11 Å². The zero-order valence-corrected chi connectivity index (χ0v) is 17.8. The predicted octanol–water partition coefficient (Wildman–Crippen LogP) is 5.56. The summed E-state index contributed by atoms with van der Waals surface area (Å²) in [6, 6.07) is 16.3. The van der Waals surface area contributed by atoms with Gasteiger partial charge in [0.2, 0.25) is 0 Å². The number of nitrogens with zero attached hydrogens (tertiary/aromatic N) is 3. The molecule has 0 atom stereocenters. The van der Waals surface area contributed by atoms with Crippen LogP contribution in [0.2, 0.25) is 0 Å². The summed E-state index contributed by atoms with van der Waals surface area (Å²) in [5.74, 6) is -0.0330. The summed E-state index contributed by atoms with van der Waals surface area (Å²) in [5.41, 5.74) is 0.583. The van der Waals surface area contributed by atoms with Crippen LogP contribution in [0.5, 0.6) is 11.5 Å². The van der Waals surface area contributed by atoms with Crippen LogP contribution in [0.1, 0.15) is 21.5 Å². The van der Waals surface area contributed by atoms with Crippen molar-refractivity contribution >= 4 is 11.9 Å². The number of hydrogen-bond acceptors (Lipinski definition) is 5. The van der Waals surface area contributed by atoms with E-state index in [1.165, 1.54) is 48.3 Å². The molecule has 0 amide bonds. The van der Waals surface area contributed by atoms with Gasteiger partial charge in [0.05, 0.1) is 24.6 Å². The molecule has 0 unspecified atom stereocenters. The molecule has 1 N–H and O–H groups in total. The number of alkyl halides is 3. The third-order valence-electron chi connectivity index (χ3n) is 5.03. The maximum atomic E-state index is 13.3. The van der Waals surface area contributed by atoms with Crippen LogP contribution in [0.3, 0.4) is 0 Å². The summed E-state index contributed by atoms with van der Waals surface area (Å²) >= 11 is 0. The molecule has 3 aromatic carbocycles. The number of hydrogen-bond donors (Lipinski definition) is 1. The number of aromatic nitrogens is 3. The van der Waals surface area contributed by atoms with E-state index in [0.717, 1.165) is 6.07 Å². The predicted molar refractivity (Wildman–Crippen MR) is 120 cm³/mol. The molecule has 0 saturated carbocycles. The third-order valence-corrected chi connectivity index (χ3v) is 5.03. The molecule has 1 heterocycles. The number of benzene rings is 3. The Hall–Kier alpha value is -4.40. The molecule has 4 aromatic rings. The maximum absolute atomic E-state index is 13.3. The summed E-state index contributed by atoms with van der Waals surface area (Å²) in [7, 11) is 1.44. The Morgan fingerprint density at radius 1 is 1.06 bits per heavy atom. The molecule has 0 spiro atoms. The summed E-state index contributed by atoms with van der Waals surface area (Å²) in [4.78, 5) is 12.6. The van der Waals surface area contributed by atoms with E-state index in [4.69, 9.17) is 4.74 Å². The van der Waals surface area contributed by atoms with Gasteiger partial charge in [0, 0.05) is 11.1 Å². The number of aromatic hydroxyl groups is 1. The van der Waals surface area contributed by atoms with Gasteiger partial charge >= 0.3 is 6.18 Å². The van der Waals surface area contributed by atoms with E-state index in [1.807, 2.05) is 0 Å². The number of rotatable bonds is 6. The van der Waals surface area contributed by atoms with Gasteiger partial charge in [-0.05, 0) is 42.0 Å². The van der Waals surface area contributed by atoms with Gasteiger partial charge in [-0.1, -0.05) is 47.7 Å². The van der Waals surface area contributed by atoms with Gasteiger partial charge in [0.15, 0.2) is 17.3 Å². The number of carbonyl (C=O) groups excluding carboxylic acids is 1. The molecule has 0 bridgehead atoms. The highest BCUT2D eigenvalue weighted by Crippen LogP contribution is 2.36. The lowest BCUT2D eigenvalue weighted by Gasteiger charge is -2.10. The lowest BCUT2D eigenvalue weighted by atomic mass is 10.0. The highest BCUT2D eigenvalue weighted by Gasteiger charge is 2.34. The van der Waals surface area contributed by atoms with Gasteiger partial charge in [-0.15, -0.1) is 5.10 Å². The second kappa shape index (κ2) is 9.22. The standard InChI is InChI=1S/C25H18F3N3O3/c1-34-24-12-10-16(13-23(24)33)9-11-22(32)17-5-4-6-18(14-17)31-15-21(29-30-31)19-7-2-3-8-20(19)25(26,27)28/h2-15,33H,1H3/b11-9+. The quantitative estimate of drug-likeness (QED) is 0.298. The minimum atomic E-state index is -4.53. The van der Waals surface area contributed by atoms with Crippen molar-refractivity contribution in [1.29, 1.82) is 0 Å². The first-order valence-corrected chi connectivity index (χ1v) is 10.0. The highest BCUT2D eigenvalue weighted by atomic mass is 19.4. The zero-order valence-electron chi connectivity index (χ0n) is 17.8. The summed E-state index contributed by atoms with van der Waals surface area (Å²) in [6.07, 6.45) is -0.244. The second-order valence-corrected chi connectivity index (χ2v) is 7.27. The van der Waals surface area contributed by atoms with Crippen molar-refractivity contribution in [3.8, 4) is 28.4 Å². The maximum Gasteiger partial charge on any atom is 0.417 e. The van der Waals surface area contributed by atoms with Crippen LogP contribution < -0.4 is 4.74 Å². The summed E-state index contributed by atoms with van der Waals surface area (Å²) < 4.78 is 46.3. The molecular formula is C25H18F3N3O3. The molecular weight excluding hydrogens is 447 g/mol. The normalized spacial score (nSPS) is 11.6. The highest BCUT2D eigenvalue weighted by molar-refractivity contribution is 6.07. The van der Waals surface area contributed by atoms with Crippen LogP contribution in [-0.4, -0.2) is 33.0 Å². The number of allylic oxidation sites excluding steroid dienone is 1. The van der Waals surface area contributed by atoms with Crippen molar-refractivity contribution in [1.82, 2.24) is 15.0 Å². The number of ketones is 1. The first kappa shape index (κ1) is 22.8. The van der Waals surface area contributed by atoms with E-state index >= 15 is 0 Å².